The van der Waals surface area contributed by atoms with Crippen molar-refractivity contribution in [2.24, 2.45) is 0 Å². The molecular weight excluding hydrogens is 246 g/mol. The van der Waals surface area contributed by atoms with Gasteiger partial charge >= 0.3 is 11.9 Å². The van der Waals surface area contributed by atoms with Crippen LogP contribution in [0, 0.1) is 0 Å². The number of rotatable bonds is 6. The molecule has 0 spiro atoms. The van der Waals surface area contributed by atoms with Crippen molar-refractivity contribution in [3.8, 4) is 5.75 Å². The average molecular weight is 263 g/mol. The highest BCUT2D eigenvalue weighted by atomic mass is 16.5. The lowest BCUT2D eigenvalue weighted by Gasteiger charge is -2.13. The topological polar surface area (TPSA) is 64.6 Å². The second-order valence-electron chi connectivity index (χ2n) is 3.84. The van der Waals surface area contributed by atoms with Crippen molar-refractivity contribution in [3.05, 3.63) is 42.5 Å². The molecule has 1 atom stereocenters. The molecule has 5 nitrogen and oxygen atoms in total. The molecule has 1 N–H and O–H groups in total. The van der Waals surface area contributed by atoms with Gasteiger partial charge in [-0.05, 0) is 31.2 Å². The minimum Gasteiger partial charge on any atom is -0.468 e. The summed E-state index contributed by atoms with van der Waals surface area (Å²) >= 11 is 0. The SMILES string of the molecule is C=CC(=O)Oc1ccc(C[C@H](NC)C(=O)OC)cc1. The van der Waals surface area contributed by atoms with Crippen molar-refractivity contribution in [1.82, 2.24) is 5.32 Å². The molecule has 19 heavy (non-hydrogen) atoms. The fourth-order valence-corrected chi connectivity index (χ4v) is 1.53. The van der Waals surface area contributed by atoms with Crippen LogP contribution < -0.4 is 10.1 Å². The predicted octanol–water partition coefficient (Wildman–Crippen LogP) is 1.08. The van der Waals surface area contributed by atoms with Gasteiger partial charge in [0.1, 0.15) is 11.8 Å². The van der Waals surface area contributed by atoms with Crippen LogP contribution in [-0.4, -0.2) is 32.1 Å². The van der Waals surface area contributed by atoms with E-state index in [1.54, 1.807) is 31.3 Å². The van der Waals surface area contributed by atoms with Crippen LogP contribution in [0.1, 0.15) is 5.56 Å². The Bertz CT molecular complexity index is 453. The molecule has 0 radical (unpaired) electrons. The molecule has 1 rings (SSSR count). The molecule has 0 aliphatic heterocycles. The molecule has 0 heterocycles. The molecule has 0 unspecified atom stereocenters. The van der Waals surface area contributed by atoms with E-state index in [4.69, 9.17) is 4.74 Å². The van der Waals surface area contributed by atoms with Gasteiger partial charge in [0.2, 0.25) is 0 Å². The van der Waals surface area contributed by atoms with E-state index in [1.165, 1.54) is 7.11 Å². The maximum atomic E-state index is 11.4. The third kappa shape index (κ3) is 4.56. The predicted molar refractivity (Wildman–Crippen MR) is 70.8 cm³/mol. The van der Waals surface area contributed by atoms with Crippen molar-refractivity contribution in [2.75, 3.05) is 14.2 Å². The third-order valence-electron chi connectivity index (χ3n) is 2.58. The van der Waals surface area contributed by atoms with Gasteiger partial charge in [0.05, 0.1) is 7.11 Å². The molecule has 0 aromatic heterocycles. The van der Waals surface area contributed by atoms with Crippen LogP contribution in [0.4, 0.5) is 0 Å². The third-order valence-corrected chi connectivity index (χ3v) is 2.58. The van der Waals surface area contributed by atoms with Gasteiger partial charge in [0, 0.05) is 6.08 Å². The highest BCUT2D eigenvalue weighted by Crippen LogP contribution is 2.14. The largest absolute Gasteiger partial charge is 0.468 e. The quantitative estimate of drug-likeness (QED) is 0.472. The zero-order chi connectivity index (χ0) is 14.3. The molecule has 0 amide bonds. The van der Waals surface area contributed by atoms with Crippen molar-refractivity contribution < 1.29 is 19.1 Å². The standard InChI is InChI=1S/C14H17NO4/c1-4-13(16)19-11-7-5-10(6-8-11)9-12(15-2)14(17)18-3/h4-8,12,15H,1,9H2,2-3H3/t12-/m0/s1. The summed E-state index contributed by atoms with van der Waals surface area (Å²) in [6.07, 6.45) is 1.60. The number of nitrogens with one attached hydrogen (secondary N) is 1. The Balaban J connectivity index is 2.68. The molecule has 102 valence electrons. The molecule has 1 aromatic carbocycles. The smallest absolute Gasteiger partial charge is 0.335 e. The molecule has 1 aromatic rings. The van der Waals surface area contributed by atoms with Crippen molar-refractivity contribution in [2.45, 2.75) is 12.5 Å². The maximum Gasteiger partial charge on any atom is 0.335 e. The summed E-state index contributed by atoms with van der Waals surface area (Å²) in [4.78, 5) is 22.4. The fraction of sp³-hybridized carbons (Fsp3) is 0.286. The monoisotopic (exact) mass is 263 g/mol. The van der Waals surface area contributed by atoms with Crippen molar-refractivity contribution in [1.29, 1.82) is 0 Å². The Kier molecular flexibility index (Phi) is 5.75. The number of hydrogen-bond acceptors (Lipinski definition) is 5. The van der Waals surface area contributed by atoms with Crippen LogP contribution in [0.25, 0.3) is 0 Å². The maximum absolute atomic E-state index is 11.4. The second kappa shape index (κ2) is 7.33. The number of hydrogen-bond donors (Lipinski definition) is 1. The summed E-state index contributed by atoms with van der Waals surface area (Å²) in [6.45, 7) is 3.32. The zero-order valence-corrected chi connectivity index (χ0v) is 11.0. The van der Waals surface area contributed by atoms with Crippen LogP contribution in [0.15, 0.2) is 36.9 Å². The Morgan fingerprint density at radius 2 is 2.00 bits per heavy atom. The first-order valence-electron chi connectivity index (χ1n) is 5.79. The lowest BCUT2D eigenvalue weighted by molar-refractivity contribution is -0.143. The zero-order valence-electron chi connectivity index (χ0n) is 11.0. The molecule has 5 heteroatoms. The highest BCUT2D eigenvalue weighted by molar-refractivity contribution is 5.83. The Hall–Kier alpha value is -2.14. The minimum absolute atomic E-state index is 0.315. The summed E-state index contributed by atoms with van der Waals surface area (Å²) in [5, 5.41) is 2.88. The molecule has 0 fully saturated rings. The highest BCUT2D eigenvalue weighted by Gasteiger charge is 2.17. The first-order valence-corrected chi connectivity index (χ1v) is 5.79. The first kappa shape index (κ1) is 14.9. The molecular formula is C14H17NO4. The number of ether oxygens (including phenoxy) is 2. The number of esters is 2. The molecule has 0 bridgehead atoms. The van der Waals surface area contributed by atoms with E-state index in [2.05, 4.69) is 16.6 Å². The van der Waals surface area contributed by atoms with E-state index >= 15 is 0 Å². The van der Waals surface area contributed by atoms with Crippen molar-refractivity contribution >= 4 is 11.9 Å². The molecule has 0 aliphatic carbocycles. The number of benzene rings is 1. The Morgan fingerprint density at radius 1 is 1.37 bits per heavy atom. The summed E-state index contributed by atoms with van der Waals surface area (Å²) < 4.78 is 9.64. The minimum atomic E-state index is -0.504. The summed E-state index contributed by atoms with van der Waals surface area (Å²) in [6, 6.07) is 6.52. The van der Waals surface area contributed by atoms with Gasteiger partial charge in [-0.3, -0.25) is 4.79 Å². The van der Waals surface area contributed by atoms with E-state index in [9.17, 15) is 9.59 Å². The van der Waals surface area contributed by atoms with Gasteiger partial charge < -0.3 is 14.8 Å². The van der Waals surface area contributed by atoms with Gasteiger partial charge in [-0.15, -0.1) is 0 Å². The number of methoxy groups -OCH3 is 1. The lowest BCUT2D eigenvalue weighted by Crippen LogP contribution is -2.36. The van der Waals surface area contributed by atoms with E-state index in [0.717, 1.165) is 11.6 Å². The van der Waals surface area contributed by atoms with Crippen LogP contribution >= 0.6 is 0 Å². The van der Waals surface area contributed by atoms with Gasteiger partial charge in [0.15, 0.2) is 0 Å². The van der Waals surface area contributed by atoms with E-state index in [1.807, 2.05) is 0 Å². The Labute approximate surface area is 112 Å². The molecule has 0 aliphatic rings. The fourth-order valence-electron chi connectivity index (χ4n) is 1.53. The van der Waals surface area contributed by atoms with Crippen molar-refractivity contribution in [3.63, 3.8) is 0 Å². The molecule has 0 saturated heterocycles. The van der Waals surface area contributed by atoms with Gasteiger partial charge in [-0.2, -0.15) is 0 Å². The van der Waals surface area contributed by atoms with Gasteiger partial charge in [-0.25, -0.2) is 4.79 Å². The van der Waals surface area contributed by atoms with Crippen LogP contribution in [0.2, 0.25) is 0 Å². The van der Waals surface area contributed by atoms with Gasteiger partial charge in [0.25, 0.3) is 0 Å². The summed E-state index contributed by atoms with van der Waals surface area (Å²) in [5.74, 6) is -0.382. The molecule has 0 saturated carbocycles. The van der Waals surface area contributed by atoms with Crippen LogP contribution in [0.5, 0.6) is 5.75 Å². The first-order chi connectivity index (χ1) is 9.10. The second-order valence-corrected chi connectivity index (χ2v) is 3.84. The summed E-state index contributed by atoms with van der Waals surface area (Å²) in [7, 11) is 3.05. The number of likely N-dealkylation sites (N-methyl/N-ethyl adjacent to an activating group) is 1. The van der Waals surface area contributed by atoms with E-state index in [0.29, 0.717) is 12.2 Å². The van der Waals surface area contributed by atoms with Gasteiger partial charge in [-0.1, -0.05) is 18.7 Å². The Morgan fingerprint density at radius 3 is 2.47 bits per heavy atom. The summed E-state index contributed by atoms with van der Waals surface area (Å²) in [5.41, 5.74) is 0.933. The normalized spacial score (nSPS) is 11.5. The van der Waals surface area contributed by atoms with Crippen LogP contribution in [-0.2, 0) is 20.7 Å². The average Bonchev–Trinajstić information content (AvgIpc) is 2.45. The van der Waals surface area contributed by atoms with E-state index in [-0.39, 0.29) is 5.97 Å². The lowest BCUT2D eigenvalue weighted by atomic mass is 10.1. The van der Waals surface area contributed by atoms with E-state index < -0.39 is 12.0 Å². The van der Waals surface area contributed by atoms with Crippen LogP contribution in [0.3, 0.4) is 0 Å². The number of carbonyl (C=O) groups is 2. The number of carbonyl (C=O) groups excluding carboxylic acids is 2.